The van der Waals surface area contributed by atoms with Gasteiger partial charge < -0.3 is 14.8 Å². The van der Waals surface area contributed by atoms with Gasteiger partial charge in [0.05, 0.1) is 13.7 Å². The number of nitrogens with one attached hydrogen (secondary N) is 1. The van der Waals surface area contributed by atoms with E-state index in [1.54, 1.807) is 6.07 Å². The molecule has 3 nitrogen and oxygen atoms in total. The van der Waals surface area contributed by atoms with Crippen molar-refractivity contribution in [3.63, 3.8) is 0 Å². The molecule has 1 fully saturated rings. The molecule has 2 unspecified atom stereocenters. The van der Waals surface area contributed by atoms with Gasteiger partial charge in [-0.25, -0.2) is 4.39 Å². The van der Waals surface area contributed by atoms with Gasteiger partial charge in [-0.15, -0.1) is 0 Å². The number of methoxy groups -OCH3 is 1. The van der Waals surface area contributed by atoms with Crippen LogP contribution in [0.25, 0.3) is 0 Å². The monoisotopic (exact) mass is 253 g/mol. The number of ether oxygens (including phenoxy) is 2. The normalized spacial score (nSPS) is 20.9. The van der Waals surface area contributed by atoms with Crippen molar-refractivity contribution < 1.29 is 13.9 Å². The minimum Gasteiger partial charge on any atom is -0.494 e. The van der Waals surface area contributed by atoms with E-state index in [0.29, 0.717) is 23.8 Å². The molecule has 0 bridgehead atoms. The Labute approximate surface area is 107 Å². The van der Waals surface area contributed by atoms with Gasteiger partial charge in [0.25, 0.3) is 0 Å². The van der Waals surface area contributed by atoms with Crippen LogP contribution in [0.3, 0.4) is 0 Å². The zero-order valence-corrected chi connectivity index (χ0v) is 10.9. The predicted octanol–water partition coefficient (Wildman–Crippen LogP) is 2.52. The number of hydrogen-bond acceptors (Lipinski definition) is 3. The average molecular weight is 253 g/mol. The topological polar surface area (TPSA) is 30.5 Å². The molecule has 1 saturated heterocycles. The summed E-state index contributed by atoms with van der Waals surface area (Å²) in [6, 6.07) is 5.29. The highest BCUT2D eigenvalue weighted by Crippen LogP contribution is 2.33. The molecule has 1 aliphatic heterocycles. The van der Waals surface area contributed by atoms with Crippen molar-refractivity contribution in [1.82, 2.24) is 5.32 Å². The maximum atomic E-state index is 14.3. The van der Waals surface area contributed by atoms with Gasteiger partial charge in [-0.1, -0.05) is 19.1 Å². The standard InChI is InChI=1S/C14H20FNO2/c1-3-16-14(10-7-8-18-9-10)11-5-4-6-12(17-2)13(11)15/h4-6,10,14,16H,3,7-9H2,1-2H3. The van der Waals surface area contributed by atoms with Crippen molar-refractivity contribution >= 4 is 0 Å². The second-order valence-electron chi connectivity index (χ2n) is 4.52. The summed E-state index contributed by atoms with van der Waals surface area (Å²) in [7, 11) is 1.49. The zero-order chi connectivity index (χ0) is 13.0. The quantitative estimate of drug-likeness (QED) is 0.874. The van der Waals surface area contributed by atoms with Gasteiger partial charge in [0, 0.05) is 24.1 Å². The summed E-state index contributed by atoms with van der Waals surface area (Å²) in [5.74, 6) is 0.360. The summed E-state index contributed by atoms with van der Waals surface area (Å²) in [6.45, 7) is 4.28. The van der Waals surface area contributed by atoms with E-state index in [4.69, 9.17) is 9.47 Å². The molecule has 4 heteroatoms. The molecule has 1 aromatic carbocycles. The van der Waals surface area contributed by atoms with Crippen molar-refractivity contribution in [3.05, 3.63) is 29.6 Å². The summed E-state index contributed by atoms with van der Waals surface area (Å²) >= 11 is 0. The molecule has 0 aromatic heterocycles. The molecule has 1 heterocycles. The highest BCUT2D eigenvalue weighted by molar-refractivity contribution is 5.33. The van der Waals surface area contributed by atoms with Crippen molar-refractivity contribution in [2.75, 3.05) is 26.9 Å². The molecule has 2 rings (SSSR count). The van der Waals surface area contributed by atoms with Crippen LogP contribution in [0.1, 0.15) is 24.9 Å². The van der Waals surface area contributed by atoms with Gasteiger partial charge in [0.2, 0.25) is 0 Å². The van der Waals surface area contributed by atoms with E-state index in [1.165, 1.54) is 7.11 Å². The molecule has 1 N–H and O–H groups in total. The molecule has 100 valence electrons. The molecule has 0 radical (unpaired) electrons. The number of rotatable bonds is 5. The van der Waals surface area contributed by atoms with Gasteiger partial charge >= 0.3 is 0 Å². The first kappa shape index (κ1) is 13.3. The second-order valence-corrected chi connectivity index (χ2v) is 4.52. The predicted molar refractivity (Wildman–Crippen MR) is 68.3 cm³/mol. The van der Waals surface area contributed by atoms with Gasteiger partial charge in [0.1, 0.15) is 0 Å². The van der Waals surface area contributed by atoms with Crippen molar-refractivity contribution in [1.29, 1.82) is 0 Å². The lowest BCUT2D eigenvalue weighted by Gasteiger charge is -2.24. The first-order valence-electron chi connectivity index (χ1n) is 6.41. The molecule has 0 aliphatic carbocycles. The Kier molecular flexibility index (Phi) is 4.55. The van der Waals surface area contributed by atoms with Crippen LogP contribution in [0.2, 0.25) is 0 Å². The minimum absolute atomic E-state index is 0.00685. The summed E-state index contributed by atoms with van der Waals surface area (Å²) in [6.07, 6.45) is 0.967. The summed E-state index contributed by atoms with van der Waals surface area (Å²) in [5.41, 5.74) is 0.673. The van der Waals surface area contributed by atoms with Gasteiger partial charge in [-0.05, 0) is 19.0 Å². The van der Waals surface area contributed by atoms with Crippen LogP contribution < -0.4 is 10.1 Å². The smallest absolute Gasteiger partial charge is 0.169 e. The van der Waals surface area contributed by atoms with E-state index < -0.39 is 0 Å². The average Bonchev–Trinajstić information content (AvgIpc) is 2.90. The van der Waals surface area contributed by atoms with E-state index in [0.717, 1.165) is 19.6 Å². The third-order valence-electron chi connectivity index (χ3n) is 3.41. The van der Waals surface area contributed by atoms with Gasteiger partial charge in [-0.3, -0.25) is 0 Å². The first-order chi connectivity index (χ1) is 8.77. The Balaban J connectivity index is 2.29. The molecule has 18 heavy (non-hydrogen) atoms. The third kappa shape index (κ3) is 2.65. The third-order valence-corrected chi connectivity index (χ3v) is 3.41. The summed E-state index contributed by atoms with van der Waals surface area (Å²) in [4.78, 5) is 0. The van der Waals surface area contributed by atoms with E-state index in [1.807, 2.05) is 19.1 Å². The maximum Gasteiger partial charge on any atom is 0.169 e. The van der Waals surface area contributed by atoms with Crippen LogP contribution in [0.15, 0.2) is 18.2 Å². The van der Waals surface area contributed by atoms with Crippen molar-refractivity contribution in [3.8, 4) is 5.75 Å². The Hall–Kier alpha value is -1.13. The fourth-order valence-corrected chi connectivity index (χ4v) is 2.49. The lowest BCUT2D eigenvalue weighted by Crippen LogP contribution is -2.29. The molecule has 0 spiro atoms. The van der Waals surface area contributed by atoms with Crippen LogP contribution in [-0.2, 0) is 4.74 Å². The molecule has 0 saturated carbocycles. The zero-order valence-electron chi connectivity index (χ0n) is 10.9. The maximum absolute atomic E-state index is 14.3. The fourth-order valence-electron chi connectivity index (χ4n) is 2.49. The Morgan fingerprint density at radius 3 is 3.00 bits per heavy atom. The van der Waals surface area contributed by atoms with E-state index in [-0.39, 0.29) is 11.9 Å². The highest BCUT2D eigenvalue weighted by atomic mass is 19.1. The van der Waals surface area contributed by atoms with Crippen LogP contribution in [0.5, 0.6) is 5.75 Å². The summed E-state index contributed by atoms with van der Waals surface area (Å²) < 4.78 is 24.7. The van der Waals surface area contributed by atoms with Crippen LogP contribution in [-0.4, -0.2) is 26.9 Å². The Morgan fingerprint density at radius 2 is 2.39 bits per heavy atom. The van der Waals surface area contributed by atoms with Crippen molar-refractivity contribution in [2.45, 2.75) is 19.4 Å². The molecule has 1 aliphatic rings. The first-order valence-corrected chi connectivity index (χ1v) is 6.41. The minimum atomic E-state index is -0.266. The summed E-state index contributed by atoms with van der Waals surface area (Å²) in [5, 5.41) is 3.36. The molecule has 1 aromatic rings. The Morgan fingerprint density at radius 1 is 1.56 bits per heavy atom. The fraction of sp³-hybridized carbons (Fsp3) is 0.571. The van der Waals surface area contributed by atoms with Gasteiger partial charge in [-0.2, -0.15) is 0 Å². The number of hydrogen-bond donors (Lipinski definition) is 1. The molecule has 2 atom stereocenters. The van der Waals surface area contributed by atoms with Crippen molar-refractivity contribution in [2.24, 2.45) is 5.92 Å². The van der Waals surface area contributed by atoms with Crippen LogP contribution in [0, 0.1) is 11.7 Å². The molecular formula is C14H20FNO2. The van der Waals surface area contributed by atoms with E-state index >= 15 is 0 Å². The van der Waals surface area contributed by atoms with E-state index in [9.17, 15) is 4.39 Å². The van der Waals surface area contributed by atoms with Gasteiger partial charge in [0.15, 0.2) is 11.6 Å². The SMILES string of the molecule is CCNC(c1cccc(OC)c1F)C1CCOC1. The molecular weight excluding hydrogens is 233 g/mol. The lowest BCUT2D eigenvalue weighted by atomic mass is 9.91. The van der Waals surface area contributed by atoms with Crippen LogP contribution in [0.4, 0.5) is 4.39 Å². The van der Waals surface area contributed by atoms with Crippen LogP contribution >= 0.6 is 0 Å². The highest BCUT2D eigenvalue weighted by Gasteiger charge is 2.29. The second kappa shape index (κ2) is 6.16. The van der Waals surface area contributed by atoms with E-state index in [2.05, 4.69) is 5.32 Å². The largest absolute Gasteiger partial charge is 0.494 e. The molecule has 0 amide bonds. The lowest BCUT2D eigenvalue weighted by molar-refractivity contribution is 0.176. The Bertz CT molecular complexity index is 391. The number of benzene rings is 1. The number of halogens is 1.